The Labute approximate surface area is 202 Å². The molecule has 0 saturated carbocycles. The van der Waals surface area contributed by atoms with Gasteiger partial charge in [-0.25, -0.2) is 9.99 Å². The van der Waals surface area contributed by atoms with Gasteiger partial charge in [0.05, 0.1) is 35.3 Å². The summed E-state index contributed by atoms with van der Waals surface area (Å²) in [5.74, 6) is 1.81. The molecule has 1 amide bonds. The van der Waals surface area contributed by atoms with Gasteiger partial charge in [0.2, 0.25) is 5.16 Å². The van der Waals surface area contributed by atoms with Crippen LogP contribution < -0.4 is 4.74 Å². The Morgan fingerprint density at radius 2 is 2.27 bits per heavy atom. The Hall–Kier alpha value is -3.08. The predicted molar refractivity (Wildman–Crippen MR) is 128 cm³/mol. The summed E-state index contributed by atoms with van der Waals surface area (Å²) < 4.78 is 11.0. The molecule has 4 aromatic rings. The van der Waals surface area contributed by atoms with E-state index in [0.717, 1.165) is 10.6 Å². The molecule has 5 rings (SSSR count). The first kappa shape index (κ1) is 21.7. The van der Waals surface area contributed by atoms with Crippen LogP contribution >= 0.6 is 34.7 Å². The lowest BCUT2D eigenvalue weighted by atomic mass is 10.1. The van der Waals surface area contributed by atoms with E-state index in [1.54, 1.807) is 42.9 Å². The molecule has 11 heteroatoms. The van der Waals surface area contributed by atoms with E-state index in [1.165, 1.54) is 16.8 Å². The molecule has 0 radical (unpaired) electrons. The third-order valence-corrected chi connectivity index (χ3v) is 7.04. The van der Waals surface area contributed by atoms with Crippen LogP contribution in [0.5, 0.6) is 5.75 Å². The number of nitrogens with zero attached hydrogens (tertiary/aromatic N) is 4. The Morgan fingerprint density at radius 1 is 1.36 bits per heavy atom. The van der Waals surface area contributed by atoms with Crippen LogP contribution in [0.4, 0.5) is 0 Å². The molecule has 1 atom stereocenters. The van der Waals surface area contributed by atoms with Gasteiger partial charge in [-0.15, -0.1) is 16.4 Å². The third kappa shape index (κ3) is 4.54. The van der Waals surface area contributed by atoms with Gasteiger partial charge in [0.1, 0.15) is 17.6 Å². The zero-order chi connectivity index (χ0) is 22.8. The second-order valence-corrected chi connectivity index (χ2v) is 9.42. The maximum absolute atomic E-state index is 13.1. The average Bonchev–Trinajstić information content (AvgIpc) is 3.63. The van der Waals surface area contributed by atoms with Gasteiger partial charge >= 0.3 is 0 Å². The first-order chi connectivity index (χ1) is 16.1. The molecule has 0 spiro atoms. The third-order valence-electron chi connectivity index (χ3n) is 5.05. The molecule has 0 bridgehead atoms. The number of methoxy groups -OCH3 is 1. The summed E-state index contributed by atoms with van der Waals surface area (Å²) in [6, 6.07) is 12.6. The Morgan fingerprint density at radius 3 is 3.03 bits per heavy atom. The number of ether oxygens (including phenoxy) is 1. The number of halogens is 1. The maximum atomic E-state index is 13.1. The van der Waals surface area contributed by atoms with Crippen LogP contribution in [0.3, 0.4) is 0 Å². The lowest BCUT2D eigenvalue weighted by Gasteiger charge is -2.19. The number of benzene rings is 1. The van der Waals surface area contributed by atoms with Crippen molar-refractivity contribution in [2.45, 2.75) is 17.6 Å². The summed E-state index contributed by atoms with van der Waals surface area (Å²) in [5.41, 5.74) is 1.57. The highest BCUT2D eigenvalue weighted by atomic mass is 35.5. The molecule has 1 aliphatic rings. The topological polar surface area (TPSA) is 96.6 Å². The van der Waals surface area contributed by atoms with Gasteiger partial charge in [-0.05, 0) is 41.8 Å². The molecule has 168 valence electrons. The number of hydrogen-bond acceptors (Lipinski definition) is 8. The van der Waals surface area contributed by atoms with Crippen LogP contribution in [-0.2, 0) is 4.79 Å². The largest absolute Gasteiger partial charge is 0.496 e. The van der Waals surface area contributed by atoms with Crippen LogP contribution in [0, 0.1) is 0 Å². The quantitative estimate of drug-likeness (QED) is 0.348. The van der Waals surface area contributed by atoms with E-state index in [4.69, 9.17) is 20.8 Å². The molecule has 1 aromatic carbocycles. The lowest BCUT2D eigenvalue weighted by Crippen LogP contribution is -2.28. The molecular weight excluding hydrogens is 482 g/mol. The number of carbonyl (C=O) groups is 1. The van der Waals surface area contributed by atoms with Gasteiger partial charge in [-0.1, -0.05) is 29.4 Å². The van der Waals surface area contributed by atoms with E-state index < -0.39 is 0 Å². The van der Waals surface area contributed by atoms with Gasteiger partial charge in [-0.3, -0.25) is 9.89 Å². The van der Waals surface area contributed by atoms with E-state index in [0.29, 0.717) is 39.5 Å². The molecule has 1 N–H and O–H groups in total. The van der Waals surface area contributed by atoms with E-state index in [9.17, 15) is 4.79 Å². The lowest BCUT2D eigenvalue weighted by molar-refractivity contribution is -0.130. The van der Waals surface area contributed by atoms with E-state index >= 15 is 0 Å². The second-order valence-electron chi connectivity index (χ2n) is 7.10. The van der Waals surface area contributed by atoms with Crippen LogP contribution in [-0.4, -0.2) is 44.7 Å². The molecule has 0 saturated heterocycles. The van der Waals surface area contributed by atoms with Crippen molar-refractivity contribution < 1.29 is 13.9 Å². The number of furan rings is 1. The summed E-state index contributed by atoms with van der Waals surface area (Å²) in [5, 5.41) is 16.2. The van der Waals surface area contributed by atoms with E-state index in [2.05, 4.69) is 20.3 Å². The zero-order valence-corrected chi connectivity index (χ0v) is 19.8. The van der Waals surface area contributed by atoms with Crippen LogP contribution in [0.15, 0.2) is 68.8 Å². The highest BCUT2D eigenvalue weighted by molar-refractivity contribution is 7.99. The number of hydrazone groups is 1. The first-order valence-corrected chi connectivity index (χ1v) is 12.2. The van der Waals surface area contributed by atoms with Crippen molar-refractivity contribution in [2.24, 2.45) is 5.10 Å². The number of thiophene rings is 1. The van der Waals surface area contributed by atoms with Crippen molar-refractivity contribution in [3.8, 4) is 17.1 Å². The normalized spacial score (nSPS) is 15.6. The molecular formula is C22H18ClN5O3S2. The molecule has 0 fully saturated rings. The second kappa shape index (κ2) is 9.42. The highest BCUT2D eigenvalue weighted by Crippen LogP contribution is 2.35. The van der Waals surface area contributed by atoms with Gasteiger partial charge in [0.15, 0.2) is 5.82 Å². The highest BCUT2D eigenvalue weighted by Gasteiger charge is 2.35. The average molecular weight is 500 g/mol. The number of hydrogen-bond donors (Lipinski definition) is 1. The summed E-state index contributed by atoms with van der Waals surface area (Å²) in [7, 11) is 1.58. The van der Waals surface area contributed by atoms with Crippen LogP contribution in [0.1, 0.15) is 23.1 Å². The van der Waals surface area contributed by atoms with Gasteiger partial charge < -0.3 is 9.15 Å². The van der Waals surface area contributed by atoms with Crippen molar-refractivity contribution in [2.75, 3.05) is 12.9 Å². The van der Waals surface area contributed by atoms with Crippen molar-refractivity contribution in [1.82, 2.24) is 20.2 Å². The van der Waals surface area contributed by atoms with E-state index in [1.807, 2.05) is 29.6 Å². The number of aromatic amines is 1. The molecule has 4 heterocycles. The van der Waals surface area contributed by atoms with Gasteiger partial charge in [-0.2, -0.15) is 5.10 Å². The van der Waals surface area contributed by atoms with E-state index in [-0.39, 0.29) is 17.7 Å². The minimum absolute atomic E-state index is 0.127. The Balaban J connectivity index is 1.32. The van der Waals surface area contributed by atoms with Crippen LogP contribution in [0.2, 0.25) is 5.02 Å². The molecule has 0 aliphatic carbocycles. The van der Waals surface area contributed by atoms with Crippen molar-refractivity contribution in [3.63, 3.8) is 0 Å². The number of carbonyl (C=O) groups excluding carboxylic acids is 1. The number of thioether (sulfide) groups is 1. The fraction of sp³-hybridized carbons (Fsp3) is 0.182. The van der Waals surface area contributed by atoms with Crippen molar-refractivity contribution >= 4 is 46.3 Å². The number of aromatic nitrogens is 3. The predicted octanol–water partition coefficient (Wildman–Crippen LogP) is 5.26. The minimum Gasteiger partial charge on any atom is -0.496 e. The van der Waals surface area contributed by atoms with Crippen molar-refractivity contribution in [1.29, 1.82) is 0 Å². The zero-order valence-electron chi connectivity index (χ0n) is 17.4. The number of rotatable bonds is 7. The summed E-state index contributed by atoms with van der Waals surface area (Å²) in [4.78, 5) is 18.7. The monoisotopic (exact) mass is 499 g/mol. The van der Waals surface area contributed by atoms with Crippen LogP contribution in [0.25, 0.3) is 11.4 Å². The summed E-state index contributed by atoms with van der Waals surface area (Å²) in [6.45, 7) is 0. The maximum Gasteiger partial charge on any atom is 0.253 e. The number of nitrogens with one attached hydrogen (secondary N) is 1. The molecule has 1 aliphatic heterocycles. The summed E-state index contributed by atoms with van der Waals surface area (Å²) >= 11 is 8.95. The fourth-order valence-corrected chi connectivity index (χ4v) is 5.07. The number of amides is 1. The standard InChI is InChI=1S/C22H18ClN5O3S2/c1-30-17-7-6-13(23)10-14(17)21-24-22(26-25-21)33-12-20(29)28-16(18-4-2-8-31-18)11-15(27-28)19-5-3-9-32-19/h2-10,16H,11-12H2,1H3,(H,24,25,26). The molecule has 3 aromatic heterocycles. The van der Waals surface area contributed by atoms with Gasteiger partial charge in [0.25, 0.3) is 5.91 Å². The smallest absolute Gasteiger partial charge is 0.253 e. The molecule has 33 heavy (non-hydrogen) atoms. The van der Waals surface area contributed by atoms with Crippen molar-refractivity contribution in [3.05, 3.63) is 69.8 Å². The SMILES string of the molecule is COc1ccc(Cl)cc1-c1nc(SCC(=O)N2N=C(c3cccs3)CC2c2ccco2)n[nH]1. The Kier molecular flexibility index (Phi) is 6.21. The summed E-state index contributed by atoms with van der Waals surface area (Å²) in [6.07, 6.45) is 2.21. The Bertz CT molecular complexity index is 1290. The first-order valence-electron chi connectivity index (χ1n) is 9.98. The fourth-order valence-electron chi connectivity index (χ4n) is 3.52. The molecule has 1 unspecified atom stereocenters. The number of H-pyrrole nitrogens is 1. The minimum atomic E-state index is -0.274. The molecule has 8 nitrogen and oxygen atoms in total. The van der Waals surface area contributed by atoms with Gasteiger partial charge in [0, 0.05) is 11.4 Å².